The molecule has 1 fully saturated rings. The average molecular weight is 641 g/mol. The van der Waals surface area contributed by atoms with Gasteiger partial charge in [0.05, 0.1) is 28.6 Å². The van der Waals surface area contributed by atoms with E-state index in [4.69, 9.17) is 5.73 Å². The standard InChI is InChI=1S/C31H27F3N4O4S2/c1-19(23-14-13-21-5-2-3-6-24(21)16-23)36-30(35)27(37-43(40)26-8-4-7-25(17-26)31(32,33)34)15-20-9-11-22(12-10-20)28-18-29(39)38-44(28,41)42/h2-14,16-17,27-28,37H,1,15,18H2,(H2,35,36)(H,38,39). The highest BCUT2D eigenvalue weighted by atomic mass is 32.2. The Morgan fingerprint density at radius 1 is 1.02 bits per heavy atom. The Bertz CT molecular complexity index is 1910. The normalized spacial score (nSPS) is 18.1. The van der Waals surface area contributed by atoms with Crippen LogP contribution in [-0.4, -0.2) is 30.4 Å². The molecule has 0 aromatic heterocycles. The van der Waals surface area contributed by atoms with Crippen LogP contribution in [0.15, 0.2) is 107 Å². The first kappa shape index (κ1) is 31.1. The van der Waals surface area contributed by atoms with Crippen molar-refractivity contribution in [1.82, 2.24) is 9.44 Å². The lowest BCUT2D eigenvalue weighted by Crippen LogP contribution is -2.44. The van der Waals surface area contributed by atoms with E-state index in [9.17, 15) is 30.6 Å². The van der Waals surface area contributed by atoms with Crippen LogP contribution in [0.5, 0.6) is 0 Å². The van der Waals surface area contributed by atoms with Crippen molar-refractivity contribution in [3.8, 4) is 0 Å². The van der Waals surface area contributed by atoms with Crippen molar-refractivity contribution in [2.24, 2.45) is 10.7 Å². The third kappa shape index (κ3) is 7.07. The number of aliphatic imine (C=N–C) groups is 1. The molecule has 0 aliphatic carbocycles. The second kappa shape index (κ2) is 12.3. The highest BCUT2D eigenvalue weighted by molar-refractivity contribution is 7.90. The van der Waals surface area contributed by atoms with Crippen LogP contribution in [0.25, 0.3) is 16.5 Å². The second-order valence-corrected chi connectivity index (χ2v) is 13.3. The van der Waals surface area contributed by atoms with Crippen molar-refractivity contribution in [1.29, 1.82) is 0 Å². The number of rotatable bonds is 9. The van der Waals surface area contributed by atoms with Gasteiger partial charge in [0.25, 0.3) is 0 Å². The van der Waals surface area contributed by atoms with Gasteiger partial charge in [-0.25, -0.2) is 22.3 Å². The fourth-order valence-corrected chi connectivity index (χ4v) is 7.27. The molecule has 1 aliphatic rings. The van der Waals surface area contributed by atoms with E-state index >= 15 is 0 Å². The van der Waals surface area contributed by atoms with Gasteiger partial charge in [0, 0.05) is 5.56 Å². The number of fused-ring (bicyclic) bond motifs is 1. The SMILES string of the molecule is C=C(N=C(N)C(Cc1ccc(C2CC(=O)NS2(=O)=O)cc1)NS(=O)c1cccc(C(F)(F)F)c1)c1ccc2ccccc2c1. The number of nitrogens with two attached hydrogens (primary N) is 1. The highest BCUT2D eigenvalue weighted by Gasteiger charge is 2.37. The summed E-state index contributed by atoms with van der Waals surface area (Å²) in [4.78, 5) is 16.0. The maximum absolute atomic E-state index is 13.3. The molecule has 3 unspecified atom stereocenters. The molecule has 1 saturated heterocycles. The van der Waals surface area contributed by atoms with E-state index in [1.807, 2.05) is 47.2 Å². The molecule has 1 amide bonds. The van der Waals surface area contributed by atoms with Crippen molar-refractivity contribution in [2.45, 2.75) is 35.2 Å². The van der Waals surface area contributed by atoms with Crippen LogP contribution < -0.4 is 15.2 Å². The molecule has 1 heterocycles. The molecule has 5 rings (SSSR count). The number of hydrogen-bond donors (Lipinski definition) is 3. The van der Waals surface area contributed by atoms with E-state index in [-0.39, 0.29) is 23.6 Å². The van der Waals surface area contributed by atoms with Crippen molar-refractivity contribution in [2.75, 3.05) is 0 Å². The van der Waals surface area contributed by atoms with Gasteiger partial charge in [-0.05, 0) is 52.6 Å². The Balaban J connectivity index is 1.43. The minimum Gasteiger partial charge on any atom is -0.386 e. The zero-order valence-electron chi connectivity index (χ0n) is 23.0. The number of halogens is 3. The molecule has 0 radical (unpaired) electrons. The summed E-state index contributed by atoms with van der Waals surface area (Å²) < 4.78 is 82.5. The van der Waals surface area contributed by atoms with Crippen molar-refractivity contribution >= 4 is 49.2 Å². The first-order chi connectivity index (χ1) is 20.8. The fourth-order valence-electron chi connectivity index (χ4n) is 4.81. The lowest BCUT2D eigenvalue weighted by Gasteiger charge is -2.19. The van der Waals surface area contributed by atoms with E-state index < -0.39 is 49.9 Å². The Labute approximate surface area is 254 Å². The van der Waals surface area contributed by atoms with Crippen LogP contribution in [0.3, 0.4) is 0 Å². The monoisotopic (exact) mass is 640 g/mol. The number of amides is 1. The van der Waals surface area contributed by atoms with Gasteiger partial charge in [-0.3, -0.25) is 9.52 Å². The molecular weight excluding hydrogens is 613 g/mol. The summed E-state index contributed by atoms with van der Waals surface area (Å²) in [5, 5.41) is 0.954. The molecule has 1 aliphatic heterocycles. The molecule has 228 valence electrons. The number of sulfonamides is 1. The number of hydrogen-bond acceptors (Lipinski definition) is 5. The van der Waals surface area contributed by atoms with Crippen molar-refractivity contribution in [3.05, 3.63) is 120 Å². The average Bonchev–Trinajstić information content (AvgIpc) is 3.27. The predicted octanol–water partition coefficient (Wildman–Crippen LogP) is 5.00. The molecule has 13 heteroatoms. The van der Waals surface area contributed by atoms with Crippen LogP contribution in [0.1, 0.15) is 33.9 Å². The summed E-state index contributed by atoms with van der Waals surface area (Å²) in [7, 11) is -5.95. The summed E-state index contributed by atoms with van der Waals surface area (Å²) in [6.45, 7) is 4.03. The van der Waals surface area contributed by atoms with Gasteiger partial charge in [-0.2, -0.15) is 13.2 Å². The summed E-state index contributed by atoms with van der Waals surface area (Å²) in [5.41, 5.74) is 7.52. The number of carbonyl (C=O) groups excluding carboxylic acids is 1. The van der Waals surface area contributed by atoms with E-state index in [1.54, 1.807) is 24.3 Å². The summed E-state index contributed by atoms with van der Waals surface area (Å²) in [5.74, 6) is -0.600. The number of benzene rings is 4. The van der Waals surface area contributed by atoms with Crippen LogP contribution in [0.4, 0.5) is 13.2 Å². The number of carbonyl (C=O) groups is 1. The van der Waals surface area contributed by atoms with Gasteiger partial charge in [0.1, 0.15) is 22.1 Å². The molecule has 0 bridgehead atoms. The minimum atomic E-state index is -4.62. The molecule has 3 atom stereocenters. The van der Waals surface area contributed by atoms with E-state index in [1.165, 1.54) is 12.1 Å². The Hall–Kier alpha value is -4.33. The molecule has 44 heavy (non-hydrogen) atoms. The first-order valence-corrected chi connectivity index (χ1v) is 16.0. The van der Waals surface area contributed by atoms with Gasteiger partial charge in [0.2, 0.25) is 15.9 Å². The van der Waals surface area contributed by atoms with Crippen molar-refractivity contribution < 1.29 is 30.6 Å². The summed E-state index contributed by atoms with van der Waals surface area (Å²) in [6, 6.07) is 23.0. The largest absolute Gasteiger partial charge is 0.416 e. The van der Waals surface area contributed by atoms with Gasteiger partial charge in [-0.1, -0.05) is 73.3 Å². The number of nitrogens with one attached hydrogen (secondary N) is 2. The molecule has 4 aromatic rings. The quantitative estimate of drug-likeness (QED) is 0.175. The molecule has 0 spiro atoms. The maximum Gasteiger partial charge on any atom is 0.416 e. The third-order valence-corrected chi connectivity index (χ3v) is 10.0. The zero-order valence-corrected chi connectivity index (χ0v) is 24.7. The van der Waals surface area contributed by atoms with Crippen LogP contribution in [0, 0.1) is 0 Å². The Morgan fingerprint density at radius 2 is 1.73 bits per heavy atom. The third-order valence-electron chi connectivity index (χ3n) is 7.12. The highest BCUT2D eigenvalue weighted by Crippen LogP contribution is 2.31. The Kier molecular flexibility index (Phi) is 8.73. The van der Waals surface area contributed by atoms with E-state index in [0.29, 0.717) is 22.4 Å². The number of alkyl halides is 3. The van der Waals surface area contributed by atoms with Gasteiger partial charge in [-0.15, -0.1) is 0 Å². The van der Waals surface area contributed by atoms with E-state index in [2.05, 4.69) is 16.3 Å². The summed E-state index contributed by atoms with van der Waals surface area (Å²) in [6.07, 6.45) is -4.72. The molecular formula is C31H27F3N4O4S2. The minimum absolute atomic E-state index is 0.0132. The van der Waals surface area contributed by atoms with Gasteiger partial charge < -0.3 is 5.73 Å². The molecule has 8 nitrogen and oxygen atoms in total. The van der Waals surface area contributed by atoms with E-state index in [0.717, 1.165) is 22.9 Å². The lowest BCUT2D eigenvalue weighted by atomic mass is 10.0. The van der Waals surface area contributed by atoms with Crippen LogP contribution >= 0.6 is 0 Å². The fraction of sp³-hybridized carbons (Fsp3) is 0.161. The molecule has 4 aromatic carbocycles. The zero-order chi connectivity index (χ0) is 31.6. The molecule has 0 saturated carbocycles. The Morgan fingerprint density at radius 3 is 2.39 bits per heavy atom. The number of amidine groups is 1. The predicted molar refractivity (Wildman–Crippen MR) is 164 cm³/mol. The maximum atomic E-state index is 13.3. The smallest absolute Gasteiger partial charge is 0.386 e. The molecule has 4 N–H and O–H groups in total. The van der Waals surface area contributed by atoms with Gasteiger partial charge >= 0.3 is 6.18 Å². The second-order valence-electron chi connectivity index (χ2n) is 10.2. The van der Waals surface area contributed by atoms with Crippen LogP contribution in [-0.2, 0) is 38.4 Å². The first-order valence-electron chi connectivity index (χ1n) is 13.3. The van der Waals surface area contributed by atoms with Crippen molar-refractivity contribution in [3.63, 3.8) is 0 Å². The topological polar surface area (TPSA) is 131 Å². The lowest BCUT2D eigenvalue weighted by molar-refractivity contribution is -0.137. The van der Waals surface area contributed by atoms with Crippen LogP contribution in [0.2, 0.25) is 0 Å². The number of nitrogens with zero attached hydrogens (tertiary/aromatic N) is 1. The van der Waals surface area contributed by atoms with Gasteiger partial charge in [0.15, 0.2) is 0 Å². The summed E-state index contributed by atoms with van der Waals surface area (Å²) >= 11 is 0.